The van der Waals surface area contributed by atoms with Gasteiger partial charge in [0.2, 0.25) is 0 Å². The number of hydrogen-bond donors (Lipinski definition) is 1. The SMILES string of the molecule is CCCCn1c(NC(=O)c2cccnc2)c(C(C)=O)c2ccccc21. The summed E-state index contributed by atoms with van der Waals surface area (Å²) in [6, 6.07) is 11.2. The van der Waals surface area contributed by atoms with Crippen LogP contribution in [-0.2, 0) is 6.54 Å². The quantitative estimate of drug-likeness (QED) is 0.683. The monoisotopic (exact) mass is 335 g/mol. The highest BCUT2D eigenvalue weighted by molar-refractivity contribution is 6.15. The number of Topliss-reactive ketones (excluding diaryl/α,β-unsaturated/α-hetero) is 1. The lowest BCUT2D eigenvalue weighted by Crippen LogP contribution is -2.17. The molecule has 0 saturated carbocycles. The third-order valence-corrected chi connectivity index (χ3v) is 4.21. The van der Waals surface area contributed by atoms with Crippen LogP contribution in [0, 0.1) is 0 Å². The van der Waals surface area contributed by atoms with Crippen LogP contribution in [0.25, 0.3) is 10.9 Å². The van der Waals surface area contributed by atoms with E-state index < -0.39 is 0 Å². The Bertz CT molecular complexity index is 913. The fraction of sp³-hybridized carbons (Fsp3) is 0.250. The summed E-state index contributed by atoms with van der Waals surface area (Å²) in [4.78, 5) is 28.9. The van der Waals surface area contributed by atoms with Gasteiger partial charge >= 0.3 is 0 Å². The summed E-state index contributed by atoms with van der Waals surface area (Å²) in [5.74, 6) is 0.236. The van der Waals surface area contributed by atoms with Crippen molar-refractivity contribution in [2.24, 2.45) is 0 Å². The number of para-hydroxylation sites is 1. The second kappa shape index (κ2) is 7.30. The van der Waals surface area contributed by atoms with Gasteiger partial charge in [0, 0.05) is 24.3 Å². The third kappa shape index (κ3) is 3.31. The zero-order valence-electron chi connectivity index (χ0n) is 14.5. The van der Waals surface area contributed by atoms with Crippen molar-refractivity contribution in [3.63, 3.8) is 0 Å². The zero-order chi connectivity index (χ0) is 17.8. The third-order valence-electron chi connectivity index (χ3n) is 4.21. The molecule has 2 heterocycles. The largest absolute Gasteiger partial charge is 0.327 e. The highest BCUT2D eigenvalue weighted by Crippen LogP contribution is 2.31. The molecule has 1 aromatic carbocycles. The number of pyridine rings is 1. The van der Waals surface area contributed by atoms with Gasteiger partial charge in [-0.1, -0.05) is 31.5 Å². The molecule has 0 fully saturated rings. The number of rotatable bonds is 6. The molecule has 0 saturated heterocycles. The number of amides is 1. The highest BCUT2D eigenvalue weighted by Gasteiger charge is 2.21. The summed E-state index contributed by atoms with van der Waals surface area (Å²) in [7, 11) is 0. The van der Waals surface area contributed by atoms with E-state index in [2.05, 4.69) is 17.2 Å². The number of carbonyl (C=O) groups is 2. The maximum atomic E-state index is 12.6. The summed E-state index contributed by atoms with van der Waals surface area (Å²) in [6.45, 7) is 4.39. The second-order valence-corrected chi connectivity index (χ2v) is 6.00. The van der Waals surface area contributed by atoms with E-state index in [1.165, 1.54) is 13.1 Å². The summed E-state index contributed by atoms with van der Waals surface area (Å²) in [5.41, 5.74) is 1.98. The minimum absolute atomic E-state index is 0.0621. The molecule has 5 nitrogen and oxygen atoms in total. The molecule has 3 aromatic rings. The number of ketones is 1. The molecule has 0 unspecified atom stereocenters. The molecule has 0 aliphatic carbocycles. The van der Waals surface area contributed by atoms with E-state index in [1.807, 2.05) is 28.8 Å². The first-order valence-corrected chi connectivity index (χ1v) is 8.47. The van der Waals surface area contributed by atoms with Gasteiger partial charge in [-0.05, 0) is 31.5 Å². The number of unbranched alkanes of at least 4 members (excludes halogenated alkanes) is 1. The molecule has 0 radical (unpaired) electrons. The van der Waals surface area contributed by atoms with E-state index in [4.69, 9.17) is 0 Å². The Kier molecular flexibility index (Phi) is 4.93. The fourth-order valence-electron chi connectivity index (χ4n) is 3.02. The van der Waals surface area contributed by atoms with Crippen LogP contribution in [-0.4, -0.2) is 21.2 Å². The maximum Gasteiger partial charge on any atom is 0.258 e. The topological polar surface area (TPSA) is 64.0 Å². The van der Waals surface area contributed by atoms with Gasteiger partial charge < -0.3 is 9.88 Å². The molecule has 128 valence electrons. The molecule has 1 N–H and O–H groups in total. The lowest BCUT2D eigenvalue weighted by atomic mass is 10.1. The first-order valence-electron chi connectivity index (χ1n) is 8.47. The van der Waals surface area contributed by atoms with Crippen LogP contribution in [0.5, 0.6) is 0 Å². The molecule has 0 aliphatic heterocycles. The molecule has 5 heteroatoms. The number of benzene rings is 1. The van der Waals surface area contributed by atoms with Crippen LogP contribution in [0.4, 0.5) is 5.82 Å². The lowest BCUT2D eigenvalue weighted by molar-refractivity contribution is 0.102. The molecular formula is C20H21N3O2. The van der Waals surface area contributed by atoms with E-state index >= 15 is 0 Å². The normalized spacial score (nSPS) is 10.8. The predicted molar refractivity (Wildman–Crippen MR) is 99.0 cm³/mol. The number of nitrogens with one attached hydrogen (secondary N) is 1. The number of aromatic nitrogens is 2. The molecule has 3 rings (SSSR count). The number of anilines is 1. The minimum atomic E-state index is -0.267. The first-order chi connectivity index (χ1) is 12.1. The Balaban J connectivity index is 2.12. The molecule has 1 amide bonds. The predicted octanol–water partition coefficient (Wildman–Crippen LogP) is 4.29. The van der Waals surface area contributed by atoms with Crippen molar-refractivity contribution in [2.75, 3.05) is 5.32 Å². The molecular weight excluding hydrogens is 314 g/mol. The van der Waals surface area contributed by atoms with Crippen molar-refractivity contribution in [1.29, 1.82) is 0 Å². The van der Waals surface area contributed by atoms with Crippen LogP contribution in [0.2, 0.25) is 0 Å². The van der Waals surface area contributed by atoms with Gasteiger partial charge in [0.25, 0.3) is 5.91 Å². The Labute approximate surface area is 146 Å². The minimum Gasteiger partial charge on any atom is -0.327 e. The van der Waals surface area contributed by atoms with E-state index in [1.54, 1.807) is 18.3 Å². The van der Waals surface area contributed by atoms with Gasteiger partial charge in [-0.2, -0.15) is 0 Å². The maximum absolute atomic E-state index is 12.6. The van der Waals surface area contributed by atoms with Crippen molar-refractivity contribution in [1.82, 2.24) is 9.55 Å². The van der Waals surface area contributed by atoms with Gasteiger partial charge in [-0.3, -0.25) is 14.6 Å². The Morgan fingerprint density at radius 1 is 1.16 bits per heavy atom. The molecule has 0 aliphatic rings. The fourth-order valence-corrected chi connectivity index (χ4v) is 3.02. The van der Waals surface area contributed by atoms with Crippen LogP contribution in [0.15, 0.2) is 48.8 Å². The van der Waals surface area contributed by atoms with Crippen LogP contribution >= 0.6 is 0 Å². The van der Waals surface area contributed by atoms with Crippen LogP contribution in [0.3, 0.4) is 0 Å². The average molecular weight is 335 g/mol. The van der Waals surface area contributed by atoms with Gasteiger partial charge in [-0.15, -0.1) is 0 Å². The van der Waals surface area contributed by atoms with Gasteiger partial charge in [0.1, 0.15) is 5.82 Å². The van der Waals surface area contributed by atoms with Crippen molar-refractivity contribution < 1.29 is 9.59 Å². The Hall–Kier alpha value is -2.95. The van der Waals surface area contributed by atoms with E-state index in [9.17, 15) is 9.59 Å². The van der Waals surface area contributed by atoms with Gasteiger partial charge in [0.05, 0.1) is 16.6 Å². The number of carbonyl (C=O) groups excluding carboxylic acids is 2. The highest BCUT2D eigenvalue weighted by atomic mass is 16.2. The number of nitrogens with zero attached hydrogens (tertiary/aromatic N) is 2. The first kappa shape index (κ1) is 16.9. The molecule has 2 aromatic heterocycles. The summed E-state index contributed by atoms with van der Waals surface area (Å²) >= 11 is 0. The van der Waals surface area contributed by atoms with Gasteiger partial charge in [-0.25, -0.2) is 0 Å². The van der Waals surface area contributed by atoms with Crippen molar-refractivity contribution in [2.45, 2.75) is 33.2 Å². The zero-order valence-corrected chi connectivity index (χ0v) is 14.5. The van der Waals surface area contributed by atoms with Gasteiger partial charge in [0.15, 0.2) is 5.78 Å². The molecule has 25 heavy (non-hydrogen) atoms. The molecule has 0 bridgehead atoms. The van der Waals surface area contributed by atoms with Crippen LogP contribution in [0.1, 0.15) is 47.4 Å². The van der Waals surface area contributed by atoms with E-state index in [0.717, 1.165) is 30.3 Å². The van der Waals surface area contributed by atoms with Crippen molar-refractivity contribution in [3.8, 4) is 0 Å². The number of fused-ring (bicyclic) bond motifs is 1. The number of aryl methyl sites for hydroxylation is 1. The van der Waals surface area contributed by atoms with E-state index in [-0.39, 0.29) is 11.7 Å². The average Bonchev–Trinajstić information content (AvgIpc) is 2.94. The van der Waals surface area contributed by atoms with Crippen molar-refractivity contribution >= 4 is 28.4 Å². The Morgan fingerprint density at radius 3 is 2.64 bits per heavy atom. The Morgan fingerprint density at radius 2 is 1.96 bits per heavy atom. The molecule has 0 atom stereocenters. The van der Waals surface area contributed by atoms with Crippen molar-refractivity contribution in [3.05, 3.63) is 59.9 Å². The number of hydrogen-bond acceptors (Lipinski definition) is 3. The van der Waals surface area contributed by atoms with Crippen LogP contribution < -0.4 is 5.32 Å². The summed E-state index contributed by atoms with van der Waals surface area (Å²) < 4.78 is 2.03. The lowest BCUT2D eigenvalue weighted by Gasteiger charge is -2.12. The smallest absolute Gasteiger partial charge is 0.258 e. The second-order valence-electron chi connectivity index (χ2n) is 6.00. The summed E-state index contributed by atoms with van der Waals surface area (Å²) in [5, 5.41) is 3.81. The molecule has 0 spiro atoms. The van der Waals surface area contributed by atoms with E-state index in [0.29, 0.717) is 16.9 Å². The summed E-state index contributed by atoms with van der Waals surface area (Å²) in [6.07, 6.45) is 5.13. The standard InChI is InChI=1S/C20H21N3O2/c1-3-4-12-23-17-10-6-5-9-16(17)18(14(2)24)19(23)22-20(25)15-8-7-11-21-13-15/h5-11,13H,3-4,12H2,1-2H3,(H,22,25).